The first kappa shape index (κ1) is 12.7. The molecule has 0 unspecified atom stereocenters. The molecule has 3 nitrogen and oxygen atoms in total. The first-order valence-electron chi connectivity index (χ1n) is 5.99. The van der Waals surface area contributed by atoms with E-state index in [1.807, 2.05) is 12.3 Å². The average Bonchev–Trinajstić information content (AvgIpc) is 2.67. The average molecular weight is 251 g/mol. The van der Waals surface area contributed by atoms with Crippen molar-refractivity contribution in [2.45, 2.75) is 32.7 Å². The van der Waals surface area contributed by atoms with Gasteiger partial charge < -0.3 is 5.32 Å². The highest BCUT2D eigenvalue weighted by molar-refractivity contribution is 7.98. The van der Waals surface area contributed by atoms with Crippen LogP contribution in [0.25, 0.3) is 0 Å². The van der Waals surface area contributed by atoms with Crippen molar-refractivity contribution in [3.05, 3.63) is 12.4 Å². The molecule has 17 heavy (non-hydrogen) atoms. The number of aromatic nitrogens is 2. The van der Waals surface area contributed by atoms with Crippen molar-refractivity contribution >= 4 is 17.6 Å². The molecule has 0 atom stereocenters. The van der Waals surface area contributed by atoms with Crippen molar-refractivity contribution < 1.29 is 0 Å². The fourth-order valence-electron chi connectivity index (χ4n) is 2.60. The van der Waals surface area contributed by atoms with E-state index in [2.05, 4.69) is 43.0 Å². The second-order valence-electron chi connectivity index (χ2n) is 5.82. The molecule has 0 amide bonds. The summed E-state index contributed by atoms with van der Waals surface area (Å²) < 4.78 is 0. The van der Waals surface area contributed by atoms with Crippen molar-refractivity contribution in [2.75, 3.05) is 18.1 Å². The molecule has 0 spiro atoms. The summed E-state index contributed by atoms with van der Waals surface area (Å²) in [6.07, 6.45) is 3.65. The van der Waals surface area contributed by atoms with Gasteiger partial charge in [0.2, 0.25) is 0 Å². The third-order valence-electron chi connectivity index (χ3n) is 4.66. The lowest BCUT2D eigenvalue weighted by molar-refractivity contribution is 0.457. The molecular weight excluding hydrogens is 230 g/mol. The van der Waals surface area contributed by atoms with Crippen molar-refractivity contribution in [1.82, 2.24) is 9.97 Å². The predicted octanol–water partition coefficient (Wildman–Crippen LogP) is 3.29. The minimum atomic E-state index is 0.426. The van der Waals surface area contributed by atoms with Crippen molar-refractivity contribution in [3.8, 4) is 0 Å². The molecule has 1 heterocycles. The molecule has 0 radical (unpaired) electrons. The van der Waals surface area contributed by atoms with Crippen LogP contribution < -0.4 is 5.32 Å². The fraction of sp³-hybridized carbons (Fsp3) is 0.692. The van der Waals surface area contributed by atoms with Crippen LogP contribution in [-0.4, -0.2) is 22.8 Å². The lowest BCUT2D eigenvalue weighted by Crippen LogP contribution is -2.09. The molecule has 1 aromatic rings. The molecule has 0 saturated heterocycles. The molecule has 1 saturated carbocycles. The number of nitrogens with one attached hydrogen (secondary N) is 1. The Bertz CT molecular complexity index is 401. The molecule has 0 aromatic carbocycles. The monoisotopic (exact) mass is 251 g/mol. The van der Waals surface area contributed by atoms with Crippen LogP contribution in [-0.2, 0) is 0 Å². The second kappa shape index (κ2) is 4.16. The van der Waals surface area contributed by atoms with Crippen molar-refractivity contribution in [2.24, 2.45) is 16.7 Å². The van der Waals surface area contributed by atoms with Gasteiger partial charge in [-0.2, -0.15) is 0 Å². The molecule has 0 bridgehead atoms. The summed E-state index contributed by atoms with van der Waals surface area (Å²) in [7, 11) is 0. The lowest BCUT2D eigenvalue weighted by Gasteiger charge is -2.07. The smallest absolute Gasteiger partial charge is 0.130 e. The maximum absolute atomic E-state index is 4.25. The SMILES string of the molecule is CSc1cc(NCC2C(C)(C)C2(C)C)ncn1. The quantitative estimate of drug-likeness (QED) is 0.658. The van der Waals surface area contributed by atoms with Crippen LogP contribution >= 0.6 is 11.8 Å². The summed E-state index contributed by atoms with van der Waals surface area (Å²) in [5.41, 5.74) is 0.852. The number of hydrogen-bond acceptors (Lipinski definition) is 4. The molecule has 1 aliphatic carbocycles. The molecule has 1 N–H and O–H groups in total. The van der Waals surface area contributed by atoms with E-state index in [9.17, 15) is 0 Å². The summed E-state index contributed by atoms with van der Waals surface area (Å²) in [5, 5.41) is 4.44. The van der Waals surface area contributed by atoms with Gasteiger partial charge in [-0.1, -0.05) is 27.7 Å². The number of anilines is 1. The summed E-state index contributed by atoms with van der Waals surface area (Å²) in [6.45, 7) is 10.4. The van der Waals surface area contributed by atoms with Crippen LogP contribution in [0.3, 0.4) is 0 Å². The highest BCUT2D eigenvalue weighted by Crippen LogP contribution is 2.68. The number of thioether (sulfide) groups is 1. The van der Waals surface area contributed by atoms with E-state index in [-0.39, 0.29) is 0 Å². The number of rotatable bonds is 4. The third kappa shape index (κ3) is 2.15. The molecule has 2 rings (SSSR count). The number of nitrogens with zero attached hydrogens (tertiary/aromatic N) is 2. The number of hydrogen-bond donors (Lipinski definition) is 1. The fourth-order valence-corrected chi connectivity index (χ4v) is 2.98. The van der Waals surface area contributed by atoms with Crippen LogP contribution in [0.1, 0.15) is 27.7 Å². The molecule has 1 aromatic heterocycles. The van der Waals surface area contributed by atoms with Crippen LogP contribution in [0.2, 0.25) is 0 Å². The highest BCUT2D eigenvalue weighted by atomic mass is 32.2. The van der Waals surface area contributed by atoms with E-state index < -0.39 is 0 Å². The third-order valence-corrected chi connectivity index (χ3v) is 5.30. The topological polar surface area (TPSA) is 37.8 Å². The molecule has 94 valence electrons. The Labute approximate surface area is 108 Å². The van der Waals surface area contributed by atoms with E-state index in [0.29, 0.717) is 16.7 Å². The van der Waals surface area contributed by atoms with Crippen LogP contribution in [0.5, 0.6) is 0 Å². The van der Waals surface area contributed by atoms with E-state index in [0.717, 1.165) is 17.4 Å². The van der Waals surface area contributed by atoms with Gasteiger partial charge in [0.15, 0.2) is 0 Å². The van der Waals surface area contributed by atoms with Gasteiger partial charge >= 0.3 is 0 Å². The van der Waals surface area contributed by atoms with Gasteiger partial charge in [-0.25, -0.2) is 9.97 Å². The standard InChI is InChI=1S/C13H21N3S/c1-12(2)9(13(12,3)4)7-14-10-6-11(17-5)16-8-15-10/h6,8-9H,7H2,1-5H3,(H,14,15,16). The minimum Gasteiger partial charge on any atom is -0.370 e. The summed E-state index contributed by atoms with van der Waals surface area (Å²) >= 11 is 1.64. The van der Waals surface area contributed by atoms with E-state index >= 15 is 0 Å². The van der Waals surface area contributed by atoms with E-state index in [1.165, 1.54) is 0 Å². The van der Waals surface area contributed by atoms with Gasteiger partial charge in [0, 0.05) is 12.6 Å². The maximum Gasteiger partial charge on any atom is 0.130 e. The highest BCUT2D eigenvalue weighted by Gasteiger charge is 2.64. The summed E-state index contributed by atoms with van der Waals surface area (Å²) in [6, 6.07) is 2.01. The Morgan fingerprint density at radius 3 is 2.41 bits per heavy atom. The molecule has 1 aliphatic rings. The zero-order chi connectivity index (χ0) is 12.7. The van der Waals surface area contributed by atoms with Gasteiger partial charge in [0.25, 0.3) is 0 Å². The summed E-state index contributed by atoms with van der Waals surface area (Å²) in [4.78, 5) is 8.42. The maximum atomic E-state index is 4.25. The van der Waals surface area contributed by atoms with E-state index in [4.69, 9.17) is 0 Å². The van der Waals surface area contributed by atoms with Gasteiger partial charge in [0.1, 0.15) is 17.2 Å². The van der Waals surface area contributed by atoms with Crippen molar-refractivity contribution in [1.29, 1.82) is 0 Å². The van der Waals surface area contributed by atoms with Crippen molar-refractivity contribution in [3.63, 3.8) is 0 Å². The Kier molecular flexibility index (Phi) is 3.10. The van der Waals surface area contributed by atoms with Gasteiger partial charge in [-0.15, -0.1) is 11.8 Å². The van der Waals surface area contributed by atoms with Crippen LogP contribution in [0.4, 0.5) is 5.82 Å². The Morgan fingerprint density at radius 1 is 1.24 bits per heavy atom. The largest absolute Gasteiger partial charge is 0.370 e. The Morgan fingerprint density at radius 2 is 1.88 bits per heavy atom. The normalized spacial score (nSPS) is 21.2. The van der Waals surface area contributed by atoms with Gasteiger partial charge in [0.05, 0.1) is 0 Å². The second-order valence-corrected chi connectivity index (χ2v) is 6.65. The van der Waals surface area contributed by atoms with Gasteiger partial charge in [-0.3, -0.25) is 0 Å². The lowest BCUT2D eigenvalue weighted by atomic mass is 10.0. The van der Waals surface area contributed by atoms with E-state index in [1.54, 1.807) is 18.1 Å². The Balaban J connectivity index is 1.95. The van der Waals surface area contributed by atoms with Gasteiger partial charge in [-0.05, 0) is 23.0 Å². The zero-order valence-corrected chi connectivity index (χ0v) is 12.1. The predicted molar refractivity (Wildman–Crippen MR) is 73.4 cm³/mol. The van der Waals surface area contributed by atoms with Crippen LogP contribution in [0, 0.1) is 16.7 Å². The minimum absolute atomic E-state index is 0.426. The molecule has 0 aliphatic heterocycles. The Hall–Kier alpha value is -0.770. The molecule has 4 heteroatoms. The first-order chi connectivity index (χ1) is 7.89. The zero-order valence-electron chi connectivity index (χ0n) is 11.2. The summed E-state index contributed by atoms with van der Waals surface area (Å²) in [5.74, 6) is 1.64. The molecule has 1 fully saturated rings. The first-order valence-corrected chi connectivity index (χ1v) is 7.22. The molecular formula is C13H21N3S. The van der Waals surface area contributed by atoms with Crippen LogP contribution in [0.15, 0.2) is 17.4 Å².